The fraction of sp³-hybridized carbons (Fsp3) is 0.0526. The van der Waals surface area contributed by atoms with E-state index in [0.717, 1.165) is 5.69 Å². The minimum absolute atomic E-state index is 0.237. The van der Waals surface area contributed by atoms with Gasteiger partial charge in [0, 0.05) is 5.02 Å². The van der Waals surface area contributed by atoms with Crippen LogP contribution in [0.1, 0.15) is 5.89 Å². The van der Waals surface area contributed by atoms with E-state index in [1.54, 1.807) is 22.9 Å². The van der Waals surface area contributed by atoms with Crippen LogP contribution in [0, 0.1) is 0 Å². The van der Waals surface area contributed by atoms with Crippen LogP contribution in [0.15, 0.2) is 69.1 Å². The van der Waals surface area contributed by atoms with E-state index in [4.69, 9.17) is 16.0 Å². The van der Waals surface area contributed by atoms with Gasteiger partial charge in [0.1, 0.15) is 15.9 Å². The fourth-order valence-electron chi connectivity index (χ4n) is 2.92. The van der Waals surface area contributed by atoms with Crippen molar-refractivity contribution in [2.24, 2.45) is 0 Å². The number of hydrogen-bond donors (Lipinski definition) is 1. The van der Waals surface area contributed by atoms with Gasteiger partial charge in [0.15, 0.2) is 11.2 Å². The maximum Gasteiger partial charge on any atom is 0.263 e. The van der Waals surface area contributed by atoms with Crippen molar-refractivity contribution in [1.82, 2.24) is 24.7 Å². The van der Waals surface area contributed by atoms with E-state index in [1.165, 1.54) is 18.1 Å². The summed E-state index contributed by atoms with van der Waals surface area (Å²) < 4.78 is 7.42. The highest BCUT2D eigenvalue weighted by molar-refractivity contribution is 7.98. The highest BCUT2D eigenvalue weighted by Crippen LogP contribution is 2.29. The van der Waals surface area contributed by atoms with Gasteiger partial charge in [-0.05, 0) is 30.3 Å². The number of para-hydroxylation sites is 1. The zero-order valence-electron chi connectivity index (χ0n) is 14.3. The molecule has 2 aromatic carbocycles. The molecule has 0 bridgehead atoms. The predicted octanol–water partition coefficient (Wildman–Crippen LogP) is 4.20. The average Bonchev–Trinajstić information content (AvgIpc) is 3.28. The maximum absolute atomic E-state index is 12.4. The second kappa shape index (κ2) is 6.81. The van der Waals surface area contributed by atoms with Crippen molar-refractivity contribution < 1.29 is 4.42 Å². The number of benzene rings is 2. The summed E-state index contributed by atoms with van der Waals surface area (Å²) in [5.74, 6) is 0.951. The Kier molecular flexibility index (Phi) is 4.14. The molecule has 0 aliphatic heterocycles. The monoisotopic (exact) mass is 409 g/mol. The standard InChI is InChI=1S/C19H12ClN5O2S/c20-11-6-7-14-13(8-11)23-15(27-14)9-28-19-16-17(21-10-22-18(16)26)25(24-19)12-4-2-1-3-5-12/h1-8,10H,9H2,(H,21,22,26). The second-order valence-corrected chi connectivity index (χ2v) is 7.39. The Bertz CT molecular complexity index is 1360. The van der Waals surface area contributed by atoms with E-state index in [9.17, 15) is 4.79 Å². The molecule has 5 rings (SSSR count). The molecule has 0 amide bonds. The molecule has 0 atom stereocenters. The van der Waals surface area contributed by atoms with Gasteiger partial charge >= 0.3 is 0 Å². The molecule has 9 heteroatoms. The topological polar surface area (TPSA) is 89.6 Å². The van der Waals surface area contributed by atoms with Crippen LogP contribution in [0.3, 0.4) is 0 Å². The smallest absolute Gasteiger partial charge is 0.263 e. The summed E-state index contributed by atoms with van der Waals surface area (Å²) in [5, 5.41) is 6.22. The first-order valence-electron chi connectivity index (χ1n) is 8.38. The minimum atomic E-state index is -0.237. The second-order valence-electron chi connectivity index (χ2n) is 5.99. The van der Waals surface area contributed by atoms with Crippen molar-refractivity contribution in [1.29, 1.82) is 0 Å². The molecule has 28 heavy (non-hydrogen) atoms. The van der Waals surface area contributed by atoms with Gasteiger partial charge in [0.25, 0.3) is 5.56 Å². The number of fused-ring (bicyclic) bond motifs is 2. The third-order valence-corrected chi connectivity index (χ3v) is 5.35. The zero-order chi connectivity index (χ0) is 19.1. The van der Waals surface area contributed by atoms with Crippen molar-refractivity contribution in [2.45, 2.75) is 10.8 Å². The summed E-state index contributed by atoms with van der Waals surface area (Å²) in [6.45, 7) is 0. The van der Waals surface area contributed by atoms with Crippen LogP contribution in [0.5, 0.6) is 0 Å². The molecular weight excluding hydrogens is 398 g/mol. The Morgan fingerprint density at radius 1 is 1.18 bits per heavy atom. The molecule has 0 fully saturated rings. The van der Waals surface area contributed by atoms with Crippen molar-refractivity contribution in [3.05, 3.63) is 76.1 Å². The van der Waals surface area contributed by atoms with Crippen LogP contribution >= 0.6 is 23.4 Å². The molecule has 3 heterocycles. The van der Waals surface area contributed by atoms with Crippen molar-refractivity contribution in [2.75, 3.05) is 0 Å². The summed E-state index contributed by atoms with van der Waals surface area (Å²) in [6.07, 6.45) is 1.38. The minimum Gasteiger partial charge on any atom is -0.440 e. The number of thioether (sulfide) groups is 1. The molecule has 138 valence electrons. The Balaban J connectivity index is 1.54. The molecule has 7 nitrogen and oxygen atoms in total. The number of aromatic amines is 1. The van der Waals surface area contributed by atoms with Gasteiger partial charge in [-0.25, -0.2) is 14.6 Å². The number of H-pyrrole nitrogens is 1. The molecule has 0 saturated heterocycles. The fourth-order valence-corrected chi connectivity index (χ4v) is 3.94. The first-order chi connectivity index (χ1) is 13.7. The van der Waals surface area contributed by atoms with E-state index in [2.05, 4.69) is 20.1 Å². The lowest BCUT2D eigenvalue weighted by Gasteiger charge is -2.00. The molecule has 5 aromatic rings. The summed E-state index contributed by atoms with van der Waals surface area (Å²) >= 11 is 7.37. The van der Waals surface area contributed by atoms with E-state index >= 15 is 0 Å². The van der Waals surface area contributed by atoms with Crippen molar-refractivity contribution >= 4 is 45.5 Å². The molecule has 0 aliphatic carbocycles. The SMILES string of the molecule is O=c1[nH]cnc2c1c(SCc1nc3cc(Cl)ccc3o1)nn2-c1ccccc1. The number of aromatic nitrogens is 5. The Morgan fingerprint density at radius 2 is 2.04 bits per heavy atom. The van der Waals surface area contributed by atoms with Crippen LogP contribution < -0.4 is 5.56 Å². The molecule has 3 aromatic heterocycles. The van der Waals surface area contributed by atoms with Crippen LogP contribution in [-0.4, -0.2) is 24.7 Å². The van der Waals surface area contributed by atoms with Crippen molar-refractivity contribution in [3.63, 3.8) is 0 Å². The predicted molar refractivity (Wildman–Crippen MR) is 108 cm³/mol. The van der Waals surface area contributed by atoms with E-state index in [-0.39, 0.29) is 5.56 Å². The quantitative estimate of drug-likeness (QED) is 0.447. The molecule has 0 aliphatic rings. The average molecular weight is 410 g/mol. The number of nitrogens with one attached hydrogen (secondary N) is 1. The third kappa shape index (κ3) is 2.96. The zero-order valence-corrected chi connectivity index (χ0v) is 15.9. The first kappa shape index (κ1) is 17.0. The van der Waals surface area contributed by atoms with E-state index in [1.807, 2.05) is 30.3 Å². The summed E-state index contributed by atoms with van der Waals surface area (Å²) in [4.78, 5) is 23.8. The number of rotatable bonds is 4. The lowest BCUT2D eigenvalue weighted by molar-refractivity contribution is 0.556. The van der Waals surface area contributed by atoms with Gasteiger partial charge in [0.2, 0.25) is 5.89 Å². The number of hydrogen-bond acceptors (Lipinski definition) is 6. The highest BCUT2D eigenvalue weighted by Gasteiger charge is 2.18. The maximum atomic E-state index is 12.4. The van der Waals surface area contributed by atoms with Gasteiger partial charge in [-0.2, -0.15) is 5.10 Å². The molecule has 0 spiro atoms. The van der Waals surface area contributed by atoms with Crippen LogP contribution in [-0.2, 0) is 5.75 Å². The number of halogens is 1. The Morgan fingerprint density at radius 3 is 2.89 bits per heavy atom. The third-order valence-electron chi connectivity index (χ3n) is 4.17. The molecule has 0 saturated carbocycles. The Hall–Kier alpha value is -3.10. The molecule has 0 radical (unpaired) electrons. The number of oxazole rings is 1. The summed E-state index contributed by atoms with van der Waals surface area (Å²) in [6, 6.07) is 14.9. The normalized spacial score (nSPS) is 11.5. The summed E-state index contributed by atoms with van der Waals surface area (Å²) in [7, 11) is 0. The number of nitrogens with zero attached hydrogens (tertiary/aromatic N) is 4. The molecule has 1 N–H and O–H groups in total. The lowest BCUT2D eigenvalue weighted by Crippen LogP contribution is -2.07. The van der Waals surface area contributed by atoms with Crippen LogP contribution in [0.4, 0.5) is 0 Å². The van der Waals surface area contributed by atoms with Gasteiger partial charge in [-0.15, -0.1) is 0 Å². The van der Waals surface area contributed by atoms with Gasteiger partial charge in [-0.1, -0.05) is 41.6 Å². The first-order valence-corrected chi connectivity index (χ1v) is 9.75. The van der Waals surface area contributed by atoms with Gasteiger partial charge in [-0.3, -0.25) is 4.79 Å². The molecule has 0 unspecified atom stereocenters. The largest absolute Gasteiger partial charge is 0.440 e. The highest BCUT2D eigenvalue weighted by atomic mass is 35.5. The Labute approximate surface area is 167 Å². The van der Waals surface area contributed by atoms with E-state index < -0.39 is 0 Å². The van der Waals surface area contributed by atoms with Crippen LogP contribution in [0.2, 0.25) is 5.02 Å². The van der Waals surface area contributed by atoms with Gasteiger partial charge in [0.05, 0.1) is 17.8 Å². The van der Waals surface area contributed by atoms with Crippen LogP contribution in [0.25, 0.3) is 27.8 Å². The lowest BCUT2D eigenvalue weighted by atomic mass is 10.3. The van der Waals surface area contributed by atoms with E-state index in [0.29, 0.717) is 43.8 Å². The van der Waals surface area contributed by atoms with Gasteiger partial charge < -0.3 is 9.40 Å². The molecular formula is C19H12ClN5O2S. The summed E-state index contributed by atoms with van der Waals surface area (Å²) in [5.41, 5.74) is 2.45. The van der Waals surface area contributed by atoms with Crippen molar-refractivity contribution in [3.8, 4) is 5.69 Å².